The van der Waals surface area contributed by atoms with Crippen LogP contribution in [0.25, 0.3) is 0 Å². The molecule has 0 radical (unpaired) electrons. The standard InChI is InChI=1S/C27H23ClFN3O2S/c1-18-7-10-21(11-8-18)35-25-24(31-15-13-30(14-16-31)19-5-3-2-4-6-19)26(33)32(27(25)34)20-9-12-23(29)22(28)17-20/h2-12,17H,13-16H2,1H3. The van der Waals surface area contributed by atoms with Gasteiger partial charge in [-0.15, -0.1) is 0 Å². The quantitative estimate of drug-likeness (QED) is 0.427. The molecule has 0 spiro atoms. The Balaban J connectivity index is 1.47. The van der Waals surface area contributed by atoms with Gasteiger partial charge in [-0.25, -0.2) is 9.29 Å². The number of halogens is 2. The molecule has 1 saturated heterocycles. The van der Waals surface area contributed by atoms with Gasteiger partial charge in [0.25, 0.3) is 11.8 Å². The van der Waals surface area contributed by atoms with Crippen molar-refractivity contribution in [3.05, 3.63) is 99.8 Å². The summed E-state index contributed by atoms with van der Waals surface area (Å²) in [5, 5.41) is -0.138. The van der Waals surface area contributed by atoms with Gasteiger partial charge in [-0.1, -0.05) is 59.3 Å². The Kier molecular flexibility index (Phi) is 6.54. The average molecular weight is 508 g/mol. The number of amides is 2. The van der Waals surface area contributed by atoms with E-state index in [0.717, 1.165) is 34.1 Å². The molecule has 0 aliphatic carbocycles. The molecule has 5 nitrogen and oxygen atoms in total. The second-order valence-corrected chi connectivity index (χ2v) is 9.94. The van der Waals surface area contributed by atoms with Crippen LogP contribution in [-0.2, 0) is 9.59 Å². The lowest BCUT2D eigenvalue weighted by atomic mass is 10.2. The molecule has 1 fully saturated rings. The molecular weight excluding hydrogens is 485 g/mol. The highest BCUT2D eigenvalue weighted by Crippen LogP contribution is 2.39. The molecule has 35 heavy (non-hydrogen) atoms. The number of rotatable bonds is 5. The SMILES string of the molecule is Cc1ccc(SC2=C(N3CCN(c4ccccc4)CC3)C(=O)N(c3ccc(F)c(Cl)c3)C2=O)cc1. The number of anilines is 2. The van der Waals surface area contributed by atoms with Crippen molar-refractivity contribution in [2.75, 3.05) is 36.0 Å². The van der Waals surface area contributed by atoms with Gasteiger partial charge in [0, 0.05) is 36.8 Å². The molecular formula is C27H23ClFN3O2S. The van der Waals surface area contributed by atoms with Gasteiger partial charge >= 0.3 is 0 Å². The first-order valence-electron chi connectivity index (χ1n) is 11.3. The fraction of sp³-hybridized carbons (Fsp3) is 0.185. The fourth-order valence-electron chi connectivity index (χ4n) is 4.28. The maximum Gasteiger partial charge on any atom is 0.283 e. The van der Waals surface area contributed by atoms with E-state index < -0.39 is 17.6 Å². The van der Waals surface area contributed by atoms with Gasteiger partial charge in [-0.2, -0.15) is 0 Å². The molecule has 0 saturated carbocycles. The van der Waals surface area contributed by atoms with E-state index in [4.69, 9.17) is 11.6 Å². The number of thioether (sulfide) groups is 1. The molecule has 3 aromatic rings. The third-order valence-electron chi connectivity index (χ3n) is 6.14. The van der Waals surface area contributed by atoms with Crippen LogP contribution < -0.4 is 9.80 Å². The Hall–Kier alpha value is -3.29. The fourth-order valence-corrected chi connectivity index (χ4v) is 5.45. The van der Waals surface area contributed by atoms with E-state index >= 15 is 0 Å². The van der Waals surface area contributed by atoms with E-state index in [1.807, 2.05) is 54.3 Å². The van der Waals surface area contributed by atoms with E-state index in [1.165, 1.54) is 30.0 Å². The lowest BCUT2D eigenvalue weighted by Crippen LogP contribution is -2.47. The summed E-state index contributed by atoms with van der Waals surface area (Å²) in [7, 11) is 0. The zero-order valence-corrected chi connectivity index (χ0v) is 20.7. The van der Waals surface area contributed by atoms with E-state index in [1.54, 1.807) is 0 Å². The summed E-state index contributed by atoms with van der Waals surface area (Å²) >= 11 is 7.25. The van der Waals surface area contributed by atoms with Gasteiger partial charge in [0.15, 0.2) is 0 Å². The molecule has 0 N–H and O–H groups in total. The number of carbonyl (C=O) groups excluding carboxylic acids is 2. The van der Waals surface area contributed by atoms with Crippen molar-refractivity contribution < 1.29 is 14.0 Å². The molecule has 2 heterocycles. The van der Waals surface area contributed by atoms with Crippen LogP contribution in [-0.4, -0.2) is 42.9 Å². The summed E-state index contributed by atoms with van der Waals surface area (Å²) in [6, 6.07) is 21.8. The summed E-state index contributed by atoms with van der Waals surface area (Å²) in [6.45, 7) is 4.63. The number of nitrogens with zero attached hydrogens (tertiary/aromatic N) is 3. The van der Waals surface area contributed by atoms with E-state index in [9.17, 15) is 14.0 Å². The van der Waals surface area contributed by atoms with Crippen molar-refractivity contribution in [3.63, 3.8) is 0 Å². The number of benzene rings is 3. The van der Waals surface area contributed by atoms with Gasteiger partial charge < -0.3 is 9.80 Å². The Labute approximate surface area is 212 Å². The molecule has 5 rings (SSSR count). The number of aryl methyl sites for hydroxylation is 1. The zero-order chi connectivity index (χ0) is 24.5. The van der Waals surface area contributed by atoms with E-state index in [-0.39, 0.29) is 10.7 Å². The van der Waals surface area contributed by atoms with Crippen molar-refractivity contribution >= 4 is 46.6 Å². The van der Waals surface area contributed by atoms with Gasteiger partial charge in [-0.3, -0.25) is 9.59 Å². The van der Waals surface area contributed by atoms with Gasteiger partial charge in [0.2, 0.25) is 0 Å². The highest BCUT2D eigenvalue weighted by Gasteiger charge is 2.43. The second kappa shape index (κ2) is 9.76. The zero-order valence-electron chi connectivity index (χ0n) is 19.1. The van der Waals surface area contributed by atoms with Gasteiger partial charge in [0.05, 0.1) is 10.7 Å². The summed E-state index contributed by atoms with van der Waals surface area (Å²) in [5.74, 6) is -1.45. The van der Waals surface area contributed by atoms with Crippen LogP contribution in [0.2, 0.25) is 5.02 Å². The van der Waals surface area contributed by atoms with Crippen molar-refractivity contribution in [2.45, 2.75) is 11.8 Å². The topological polar surface area (TPSA) is 43.9 Å². The number of piperazine rings is 1. The van der Waals surface area contributed by atoms with Crippen LogP contribution >= 0.6 is 23.4 Å². The number of carbonyl (C=O) groups is 2. The molecule has 8 heteroatoms. The minimum absolute atomic E-state index is 0.138. The Bertz CT molecular complexity index is 1310. The van der Waals surface area contributed by atoms with Crippen molar-refractivity contribution in [3.8, 4) is 0 Å². The number of para-hydroxylation sites is 1. The highest BCUT2D eigenvalue weighted by molar-refractivity contribution is 8.04. The first-order chi connectivity index (χ1) is 16.9. The lowest BCUT2D eigenvalue weighted by Gasteiger charge is -2.37. The monoisotopic (exact) mass is 507 g/mol. The number of hydrogen-bond acceptors (Lipinski definition) is 5. The second-order valence-electron chi connectivity index (χ2n) is 8.45. The summed E-state index contributed by atoms with van der Waals surface area (Å²) < 4.78 is 13.8. The average Bonchev–Trinajstić information content (AvgIpc) is 3.12. The molecule has 2 aliphatic rings. The number of imide groups is 1. The number of hydrogen-bond donors (Lipinski definition) is 0. The largest absolute Gasteiger partial charge is 0.368 e. The molecule has 178 valence electrons. The third kappa shape index (κ3) is 4.66. The van der Waals surface area contributed by atoms with Crippen molar-refractivity contribution in [1.29, 1.82) is 0 Å². The molecule has 0 unspecified atom stereocenters. The predicted molar refractivity (Wildman–Crippen MR) is 138 cm³/mol. The van der Waals surface area contributed by atoms with Crippen molar-refractivity contribution in [1.82, 2.24) is 4.90 Å². The molecule has 0 atom stereocenters. The normalized spacial score (nSPS) is 16.5. The Morgan fingerprint density at radius 1 is 0.800 bits per heavy atom. The Morgan fingerprint density at radius 3 is 2.11 bits per heavy atom. The molecule has 2 amide bonds. The maximum atomic E-state index is 13.8. The van der Waals surface area contributed by atoms with E-state index in [2.05, 4.69) is 17.0 Å². The predicted octanol–water partition coefficient (Wildman–Crippen LogP) is 5.49. The summed E-state index contributed by atoms with van der Waals surface area (Å²) in [5.41, 5.74) is 2.88. The molecule has 0 aromatic heterocycles. The first kappa shape index (κ1) is 23.5. The van der Waals surface area contributed by atoms with Gasteiger partial charge in [-0.05, 0) is 49.4 Å². The maximum absolute atomic E-state index is 13.8. The van der Waals surface area contributed by atoms with Crippen LogP contribution in [0.5, 0.6) is 0 Å². The highest BCUT2D eigenvalue weighted by atomic mass is 35.5. The molecule has 2 aliphatic heterocycles. The summed E-state index contributed by atoms with van der Waals surface area (Å²) in [4.78, 5) is 33.8. The van der Waals surface area contributed by atoms with Crippen LogP contribution in [0.3, 0.4) is 0 Å². The minimum atomic E-state index is -0.603. The minimum Gasteiger partial charge on any atom is -0.368 e. The van der Waals surface area contributed by atoms with Crippen LogP contribution in [0.1, 0.15) is 5.56 Å². The molecule has 3 aromatic carbocycles. The van der Waals surface area contributed by atoms with Crippen LogP contribution in [0, 0.1) is 12.7 Å². The smallest absolute Gasteiger partial charge is 0.283 e. The third-order valence-corrected chi connectivity index (χ3v) is 7.51. The first-order valence-corrected chi connectivity index (χ1v) is 12.5. The van der Waals surface area contributed by atoms with Gasteiger partial charge in [0.1, 0.15) is 16.4 Å². The molecule has 0 bridgehead atoms. The lowest BCUT2D eigenvalue weighted by molar-refractivity contribution is -0.121. The van der Waals surface area contributed by atoms with Crippen molar-refractivity contribution in [2.24, 2.45) is 0 Å². The van der Waals surface area contributed by atoms with Crippen LogP contribution in [0.15, 0.2) is 88.3 Å². The Morgan fingerprint density at radius 2 is 1.46 bits per heavy atom. The van der Waals surface area contributed by atoms with E-state index in [0.29, 0.717) is 23.7 Å². The summed E-state index contributed by atoms with van der Waals surface area (Å²) in [6.07, 6.45) is 0. The van der Waals surface area contributed by atoms with Crippen LogP contribution in [0.4, 0.5) is 15.8 Å².